The molecule has 0 heterocycles. The number of esters is 2. The van der Waals surface area contributed by atoms with E-state index in [9.17, 15) is 19.0 Å². The predicted molar refractivity (Wildman–Crippen MR) is 396 cm³/mol. The largest absolute Gasteiger partial charge is 0.756 e. The molecule has 0 aromatic heterocycles. The molecule has 2 atom stereocenters. The van der Waals surface area contributed by atoms with Crippen molar-refractivity contribution in [3.63, 3.8) is 0 Å². The summed E-state index contributed by atoms with van der Waals surface area (Å²) in [6.07, 6.45) is 113. The number of unbranched alkanes of at least 4 members (excludes halogenated alkanes) is 9. The molecule has 0 aliphatic heterocycles. The fourth-order valence-corrected chi connectivity index (χ4v) is 9.11. The highest BCUT2D eigenvalue weighted by Gasteiger charge is 2.22. The second-order valence-electron chi connectivity index (χ2n) is 23.4. The zero-order chi connectivity index (χ0) is 66.9. The zero-order valence-electron chi connectivity index (χ0n) is 58.1. The SMILES string of the molecule is CC/C=C\C/C=C\C/C=C\C/C=C\C/C=C\C/C=C\C/C=C\C/C=C\C/C=C\C/C=C\CCCCCCCCC(=O)OC(COC(=O)CCCCC/C=C\C/C=C\C/C=C\C/C=C\C/C=C\C/C=C\C/C=C\C/C=C\C/C=C\CC)COP(=O)([O-])OCC[N+](C)(C)C. The zero-order valence-corrected chi connectivity index (χ0v) is 59.0. The van der Waals surface area contributed by atoms with Crippen molar-refractivity contribution in [1.82, 2.24) is 0 Å². The third kappa shape index (κ3) is 73.1. The van der Waals surface area contributed by atoms with Crippen molar-refractivity contribution in [2.24, 2.45) is 0 Å². The number of ether oxygens (including phenoxy) is 2. The molecule has 10 heteroatoms. The van der Waals surface area contributed by atoms with E-state index in [4.69, 9.17) is 18.5 Å². The van der Waals surface area contributed by atoms with Gasteiger partial charge in [0.05, 0.1) is 27.7 Å². The Balaban J connectivity index is 4.27. The third-order valence-corrected chi connectivity index (χ3v) is 14.6. The van der Waals surface area contributed by atoms with Gasteiger partial charge in [0.1, 0.15) is 19.8 Å². The van der Waals surface area contributed by atoms with Crippen LogP contribution in [-0.4, -0.2) is 70.0 Å². The van der Waals surface area contributed by atoms with Crippen molar-refractivity contribution < 1.29 is 42.1 Å². The molecule has 0 aliphatic carbocycles. The number of nitrogens with zero attached hydrogens (tertiary/aromatic N) is 1. The van der Waals surface area contributed by atoms with Crippen molar-refractivity contribution >= 4 is 19.8 Å². The van der Waals surface area contributed by atoms with Gasteiger partial charge in [0.2, 0.25) is 0 Å². The summed E-state index contributed by atoms with van der Waals surface area (Å²) in [5.41, 5.74) is 0. The van der Waals surface area contributed by atoms with Gasteiger partial charge < -0.3 is 27.9 Å². The molecule has 0 aromatic rings. The van der Waals surface area contributed by atoms with E-state index >= 15 is 0 Å². The number of hydrogen-bond acceptors (Lipinski definition) is 8. The van der Waals surface area contributed by atoms with Crippen LogP contribution in [0.1, 0.15) is 219 Å². The van der Waals surface area contributed by atoms with Gasteiger partial charge in [0.25, 0.3) is 7.82 Å². The van der Waals surface area contributed by atoms with Crippen molar-refractivity contribution in [1.29, 1.82) is 0 Å². The summed E-state index contributed by atoms with van der Waals surface area (Å²) in [6.45, 7) is 3.91. The molecule has 0 bridgehead atoms. The first-order valence-corrected chi connectivity index (χ1v) is 36.6. The molecule has 2 unspecified atom stereocenters. The number of carbonyl (C=O) groups excluding carboxylic acids is 2. The first-order chi connectivity index (χ1) is 45.0. The fraction of sp³-hybridized carbons (Fsp3) is 0.512. The van der Waals surface area contributed by atoms with Crippen LogP contribution in [0.5, 0.6) is 0 Å². The summed E-state index contributed by atoms with van der Waals surface area (Å²) < 4.78 is 34.2. The first kappa shape index (κ1) is 86.1. The van der Waals surface area contributed by atoms with Crippen LogP contribution < -0.4 is 4.89 Å². The van der Waals surface area contributed by atoms with E-state index in [1.165, 1.54) is 0 Å². The standard InChI is InChI=1S/C82H126NO8P/c1-6-8-10-12-14-16-18-20-22-24-26-28-30-32-34-36-38-39-40-41-42-43-45-47-49-51-53-55-57-59-61-63-65-67-69-71-73-75-82(85)91-80(79-90-92(86,87)89-77-76-83(3,4)5)78-88-81(84)74-72-70-68-66-64-62-60-58-56-54-52-50-48-46-44-37-35-33-31-29-27-25-23-21-19-17-15-13-11-9-7-2/h8-11,14-17,20-23,26-29,32-35,38-39,41-42,44-47,50-53,56-59,62,64,80H,6-7,12-13,18-19,24-25,30-31,36-37,40,43,48-49,54-55,60-61,63,65-79H2,1-5H3/b10-8-,11-9-,16-14-,17-15-,22-20-,23-21-,28-26-,29-27-,34-32-,35-33-,39-38-,42-41-,46-44-,47-45-,52-50-,53-51-,58-56-,59-57-,64-62-. The van der Waals surface area contributed by atoms with Crippen molar-refractivity contribution in [3.8, 4) is 0 Å². The van der Waals surface area contributed by atoms with Gasteiger partial charge in [-0.05, 0) is 161 Å². The fourth-order valence-electron chi connectivity index (χ4n) is 8.38. The number of rotatable bonds is 61. The first-order valence-electron chi connectivity index (χ1n) is 35.1. The Hall–Kier alpha value is -5.93. The number of phosphoric ester groups is 1. The molecule has 92 heavy (non-hydrogen) atoms. The molecule has 0 radical (unpaired) electrons. The molecule has 9 nitrogen and oxygen atoms in total. The number of carbonyl (C=O) groups is 2. The maximum atomic E-state index is 12.9. The van der Waals surface area contributed by atoms with Gasteiger partial charge in [-0.25, -0.2) is 0 Å². The number of hydrogen-bond donors (Lipinski definition) is 0. The van der Waals surface area contributed by atoms with Gasteiger partial charge in [0.15, 0.2) is 6.10 Å². The van der Waals surface area contributed by atoms with Crippen LogP contribution in [0.4, 0.5) is 0 Å². The minimum absolute atomic E-state index is 0.0538. The second-order valence-corrected chi connectivity index (χ2v) is 24.8. The average molecular weight is 1280 g/mol. The Bertz CT molecular complexity index is 2400. The normalized spacial score (nSPS) is 14.5. The van der Waals surface area contributed by atoms with Crippen LogP contribution in [-0.2, 0) is 32.7 Å². The lowest BCUT2D eigenvalue weighted by molar-refractivity contribution is -0.870. The van der Waals surface area contributed by atoms with Crippen LogP contribution in [0.25, 0.3) is 0 Å². The van der Waals surface area contributed by atoms with Gasteiger partial charge in [-0.2, -0.15) is 0 Å². The lowest BCUT2D eigenvalue weighted by atomic mass is 10.1. The lowest BCUT2D eigenvalue weighted by Gasteiger charge is -2.28. The Labute approximate surface area is 562 Å². The van der Waals surface area contributed by atoms with Crippen LogP contribution in [0, 0.1) is 0 Å². The van der Waals surface area contributed by atoms with Gasteiger partial charge >= 0.3 is 11.9 Å². The molecular weight excluding hydrogens is 1160 g/mol. The number of allylic oxidation sites excluding steroid dienone is 38. The Morgan fingerprint density at radius 1 is 0.337 bits per heavy atom. The topological polar surface area (TPSA) is 111 Å². The van der Waals surface area contributed by atoms with E-state index in [2.05, 4.69) is 245 Å². The Morgan fingerprint density at radius 2 is 0.587 bits per heavy atom. The van der Waals surface area contributed by atoms with Crippen molar-refractivity contribution in [2.45, 2.75) is 225 Å². The highest BCUT2D eigenvalue weighted by molar-refractivity contribution is 7.45. The summed E-state index contributed by atoms with van der Waals surface area (Å²) in [4.78, 5) is 38.1. The minimum Gasteiger partial charge on any atom is -0.756 e. The van der Waals surface area contributed by atoms with Crippen molar-refractivity contribution in [2.75, 3.05) is 47.5 Å². The number of likely N-dealkylation sites (N-methyl/N-ethyl adjacent to an activating group) is 1. The van der Waals surface area contributed by atoms with Crippen LogP contribution in [0.15, 0.2) is 231 Å². The number of quaternary nitrogens is 1. The van der Waals surface area contributed by atoms with Crippen LogP contribution in [0.3, 0.4) is 0 Å². The van der Waals surface area contributed by atoms with E-state index in [0.717, 1.165) is 180 Å². The van der Waals surface area contributed by atoms with E-state index < -0.39 is 32.5 Å². The predicted octanol–water partition coefficient (Wildman–Crippen LogP) is 22.7. The summed E-state index contributed by atoms with van der Waals surface area (Å²) in [5, 5.41) is 0. The highest BCUT2D eigenvalue weighted by atomic mass is 31.2. The highest BCUT2D eigenvalue weighted by Crippen LogP contribution is 2.38. The quantitative estimate of drug-likeness (QED) is 0.0195. The summed E-state index contributed by atoms with van der Waals surface area (Å²) in [7, 11) is 1.10. The molecular formula is C82H126NO8P. The molecule has 0 aliphatic rings. The van der Waals surface area contributed by atoms with Gasteiger partial charge in [0, 0.05) is 12.8 Å². The Kier molecular flexibility index (Phi) is 64.9. The van der Waals surface area contributed by atoms with Crippen LogP contribution in [0.2, 0.25) is 0 Å². The number of phosphoric acid groups is 1. The molecule has 0 fully saturated rings. The smallest absolute Gasteiger partial charge is 0.306 e. The summed E-state index contributed by atoms with van der Waals surface area (Å²) in [6, 6.07) is 0. The molecule has 0 spiro atoms. The summed E-state index contributed by atoms with van der Waals surface area (Å²) >= 11 is 0. The monoisotopic (exact) mass is 1280 g/mol. The average Bonchev–Trinajstić information content (AvgIpc) is 2.34. The van der Waals surface area contributed by atoms with Crippen LogP contribution >= 0.6 is 7.82 Å². The van der Waals surface area contributed by atoms with E-state index in [0.29, 0.717) is 23.9 Å². The molecule has 0 saturated heterocycles. The maximum Gasteiger partial charge on any atom is 0.306 e. The molecule has 0 N–H and O–H groups in total. The maximum absolute atomic E-state index is 12.9. The molecule has 0 saturated carbocycles. The van der Waals surface area contributed by atoms with E-state index in [-0.39, 0.29) is 26.1 Å². The van der Waals surface area contributed by atoms with Gasteiger partial charge in [-0.15, -0.1) is 0 Å². The third-order valence-electron chi connectivity index (χ3n) is 13.7. The molecule has 0 rings (SSSR count). The van der Waals surface area contributed by atoms with Crippen molar-refractivity contribution in [3.05, 3.63) is 231 Å². The second kappa shape index (κ2) is 69.4. The van der Waals surface area contributed by atoms with E-state index in [1.807, 2.05) is 21.1 Å². The van der Waals surface area contributed by atoms with E-state index in [1.54, 1.807) is 0 Å². The molecule has 0 aromatic carbocycles. The molecule has 512 valence electrons. The lowest BCUT2D eigenvalue weighted by Crippen LogP contribution is -2.37. The minimum atomic E-state index is -4.67. The Morgan fingerprint density at radius 3 is 0.880 bits per heavy atom. The van der Waals surface area contributed by atoms with Gasteiger partial charge in [-0.1, -0.05) is 277 Å². The van der Waals surface area contributed by atoms with Gasteiger partial charge in [-0.3, -0.25) is 14.2 Å². The summed E-state index contributed by atoms with van der Waals surface area (Å²) in [5.74, 6) is -0.910. The molecule has 0 amide bonds.